The van der Waals surface area contributed by atoms with Gasteiger partial charge in [0, 0.05) is 25.9 Å². The van der Waals surface area contributed by atoms with E-state index in [0.717, 1.165) is 11.1 Å². The van der Waals surface area contributed by atoms with E-state index in [1.54, 1.807) is 23.1 Å². The van der Waals surface area contributed by atoms with Crippen LogP contribution in [0.2, 0.25) is 0 Å². The van der Waals surface area contributed by atoms with Crippen molar-refractivity contribution in [1.82, 2.24) is 14.9 Å². The van der Waals surface area contributed by atoms with Crippen molar-refractivity contribution in [2.75, 3.05) is 6.54 Å². The summed E-state index contributed by atoms with van der Waals surface area (Å²) in [5, 5.41) is 0.566. The van der Waals surface area contributed by atoms with E-state index in [1.807, 2.05) is 18.2 Å². The number of para-hydroxylation sites is 1. The summed E-state index contributed by atoms with van der Waals surface area (Å²) in [5.74, 6) is 0.455. The van der Waals surface area contributed by atoms with Crippen LogP contribution in [0.1, 0.15) is 29.8 Å². The van der Waals surface area contributed by atoms with Gasteiger partial charge in [-0.25, -0.2) is 9.37 Å². The summed E-state index contributed by atoms with van der Waals surface area (Å²) in [6.45, 7) is 0.995. The van der Waals surface area contributed by atoms with Crippen molar-refractivity contribution in [3.05, 3.63) is 75.6 Å². The van der Waals surface area contributed by atoms with E-state index in [4.69, 9.17) is 0 Å². The number of hydrogen-bond acceptors (Lipinski definition) is 3. The second-order valence-electron chi connectivity index (χ2n) is 6.83. The highest BCUT2D eigenvalue weighted by Gasteiger charge is 2.22. The second kappa shape index (κ2) is 7.31. The highest BCUT2D eigenvalue weighted by atomic mass is 19.1. The molecule has 0 saturated heterocycles. The molecule has 2 aromatic carbocycles. The lowest BCUT2D eigenvalue weighted by molar-refractivity contribution is -0.132. The first-order valence-electron chi connectivity index (χ1n) is 9.14. The number of halogens is 1. The molecule has 4 rings (SSSR count). The van der Waals surface area contributed by atoms with Crippen LogP contribution in [0.3, 0.4) is 0 Å². The van der Waals surface area contributed by atoms with Gasteiger partial charge >= 0.3 is 0 Å². The molecule has 0 aliphatic carbocycles. The zero-order chi connectivity index (χ0) is 18.8. The van der Waals surface area contributed by atoms with Crippen LogP contribution in [0, 0.1) is 5.82 Å². The van der Waals surface area contributed by atoms with Crippen molar-refractivity contribution in [3.8, 4) is 0 Å². The zero-order valence-corrected chi connectivity index (χ0v) is 14.9. The Morgan fingerprint density at radius 1 is 1.19 bits per heavy atom. The number of rotatable bonds is 4. The predicted molar refractivity (Wildman–Crippen MR) is 101 cm³/mol. The number of H-pyrrole nitrogens is 1. The molecule has 6 heteroatoms. The minimum atomic E-state index is -0.189. The van der Waals surface area contributed by atoms with Gasteiger partial charge in [-0.2, -0.15) is 0 Å². The monoisotopic (exact) mass is 365 g/mol. The number of nitrogens with one attached hydrogen (secondary N) is 1. The average Bonchev–Trinajstić information content (AvgIpc) is 2.68. The SMILES string of the molecule is O=C(CCCc1nc2ccccc2c(=O)[nH]1)N1CCc2c(F)cccc2C1. The van der Waals surface area contributed by atoms with Gasteiger partial charge in [0.05, 0.1) is 10.9 Å². The van der Waals surface area contributed by atoms with Gasteiger partial charge in [0.25, 0.3) is 5.56 Å². The maximum absolute atomic E-state index is 13.8. The first kappa shape index (κ1) is 17.4. The number of fused-ring (bicyclic) bond motifs is 2. The summed E-state index contributed by atoms with van der Waals surface area (Å²) in [4.78, 5) is 33.6. The number of carbonyl (C=O) groups excluding carboxylic acids is 1. The molecule has 0 atom stereocenters. The molecule has 1 amide bonds. The van der Waals surface area contributed by atoms with Crippen molar-refractivity contribution in [1.29, 1.82) is 0 Å². The van der Waals surface area contributed by atoms with E-state index in [-0.39, 0.29) is 17.3 Å². The molecule has 2 heterocycles. The van der Waals surface area contributed by atoms with Crippen molar-refractivity contribution in [2.24, 2.45) is 0 Å². The Bertz CT molecular complexity index is 1060. The summed E-state index contributed by atoms with van der Waals surface area (Å²) in [5.41, 5.74) is 2.11. The molecule has 1 aromatic heterocycles. The molecule has 138 valence electrons. The van der Waals surface area contributed by atoms with Gasteiger partial charge in [0.15, 0.2) is 0 Å². The molecule has 5 nitrogen and oxygen atoms in total. The number of carbonyl (C=O) groups is 1. The van der Waals surface area contributed by atoms with Crippen LogP contribution in [0.5, 0.6) is 0 Å². The van der Waals surface area contributed by atoms with E-state index >= 15 is 0 Å². The van der Waals surface area contributed by atoms with Gasteiger partial charge < -0.3 is 9.88 Å². The highest BCUT2D eigenvalue weighted by molar-refractivity contribution is 5.77. The summed E-state index contributed by atoms with van der Waals surface area (Å²) in [7, 11) is 0. The summed E-state index contributed by atoms with van der Waals surface area (Å²) >= 11 is 0. The van der Waals surface area contributed by atoms with Gasteiger partial charge in [0.2, 0.25) is 5.91 Å². The third kappa shape index (κ3) is 3.60. The number of amides is 1. The van der Waals surface area contributed by atoms with Gasteiger partial charge in [-0.05, 0) is 42.2 Å². The Morgan fingerprint density at radius 2 is 2.04 bits per heavy atom. The fourth-order valence-corrected chi connectivity index (χ4v) is 3.59. The minimum Gasteiger partial charge on any atom is -0.338 e. The maximum Gasteiger partial charge on any atom is 0.258 e. The van der Waals surface area contributed by atoms with Crippen LogP contribution in [-0.2, 0) is 24.2 Å². The van der Waals surface area contributed by atoms with Crippen molar-refractivity contribution < 1.29 is 9.18 Å². The molecule has 0 saturated carbocycles. The number of nitrogens with zero attached hydrogens (tertiary/aromatic N) is 2. The number of aryl methyl sites for hydroxylation is 1. The average molecular weight is 365 g/mol. The predicted octanol–water partition coefficient (Wildman–Crippen LogP) is 2.97. The lowest BCUT2D eigenvalue weighted by atomic mass is 9.99. The van der Waals surface area contributed by atoms with Gasteiger partial charge in [0.1, 0.15) is 11.6 Å². The fourth-order valence-electron chi connectivity index (χ4n) is 3.59. The van der Waals surface area contributed by atoms with Gasteiger partial charge in [-0.3, -0.25) is 9.59 Å². The van der Waals surface area contributed by atoms with Gasteiger partial charge in [-0.1, -0.05) is 24.3 Å². The summed E-state index contributed by atoms with van der Waals surface area (Å²) in [6.07, 6.45) is 2.06. The maximum atomic E-state index is 13.8. The Labute approximate surface area is 155 Å². The number of aromatic nitrogens is 2. The third-order valence-corrected chi connectivity index (χ3v) is 5.03. The summed E-state index contributed by atoms with van der Waals surface area (Å²) < 4.78 is 13.8. The minimum absolute atomic E-state index is 0.0491. The molecular formula is C21H20FN3O2. The van der Waals surface area contributed by atoms with Crippen LogP contribution in [0.25, 0.3) is 10.9 Å². The van der Waals surface area contributed by atoms with Crippen LogP contribution in [0.15, 0.2) is 47.3 Å². The fraction of sp³-hybridized carbons (Fsp3) is 0.286. The van der Waals surface area contributed by atoms with E-state index in [9.17, 15) is 14.0 Å². The Kier molecular flexibility index (Phi) is 4.71. The molecule has 0 unspecified atom stereocenters. The third-order valence-electron chi connectivity index (χ3n) is 5.03. The lowest BCUT2D eigenvalue weighted by Crippen LogP contribution is -2.36. The van der Waals surface area contributed by atoms with E-state index < -0.39 is 0 Å². The van der Waals surface area contributed by atoms with E-state index in [2.05, 4.69) is 9.97 Å². The van der Waals surface area contributed by atoms with Crippen molar-refractivity contribution >= 4 is 16.8 Å². The number of hydrogen-bond donors (Lipinski definition) is 1. The topological polar surface area (TPSA) is 66.1 Å². The molecule has 0 bridgehead atoms. The molecule has 3 aromatic rings. The first-order valence-corrected chi connectivity index (χ1v) is 9.14. The van der Waals surface area contributed by atoms with Crippen LogP contribution >= 0.6 is 0 Å². The Hall–Kier alpha value is -3.02. The van der Waals surface area contributed by atoms with E-state index in [0.29, 0.717) is 55.5 Å². The standard InChI is InChI=1S/C21H20FN3O2/c22-17-7-3-5-14-13-25(12-11-15(14)17)20(26)10-4-9-19-23-18-8-2-1-6-16(18)21(27)24-19/h1-3,5-8H,4,9-13H2,(H,23,24,27). The molecule has 1 aliphatic heterocycles. The Balaban J connectivity index is 1.37. The lowest BCUT2D eigenvalue weighted by Gasteiger charge is -2.29. The first-order chi connectivity index (χ1) is 13.1. The molecule has 1 aliphatic rings. The van der Waals surface area contributed by atoms with Crippen molar-refractivity contribution in [2.45, 2.75) is 32.2 Å². The van der Waals surface area contributed by atoms with Crippen molar-refractivity contribution in [3.63, 3.8) is 0 Å². The quantitative estimate of drug-likeness (QED) is 0.773. The zero-order valence-electron chi connectivity index (χ0n) is 14.9. The largest absolute Gasteiger partial charge is 0.338 e. The Morgan fingerprint density at radius 3 is 2.93 bits per heavy atom. The van der Waals surface area contributed by atoms with E-state index in [1.165, 1.54) is 6.07 Å². The molecule has 27 heavy (non-hydrogen) atoms. The molecule has 0 spiro atoms. The van der Waals surface area contributed by atoms with Crippen LogP contribution in [-0.4, -0.2) is 27.3 Å². The number of benzene rings is 2. The highest BCUT2D eigenvalue weighted by Crippen LogP contribution is 2.22. The van der Waals surface area contributed by atoms with Gasteiger partial charge in [-0.15, -0.1) is 0 Å². The smallest absolute Gasteiger partial charge is 0.258 e. The molecule has 1 N–H and O–H groups in total. The van der Waals surface area contributed by atoms with Crippen LogP contribution in [0.4, 0.5) is 4.39 Å². The van der Waals surface area contributed by atoms with Crippen LogP contribution < -0.4 is 5.56 Å². The molecular weight excluding hydrogens is 345 g/mol. The summed E-state index contributed by atoms with van der Waals surface area (Å²) in [6, 6.07) is 12.2. The normalized spacial score (nSPS) is 13.6. The molecule has 0 fully saturated rings. The second-order valence-corrected chi connectivity index (χ2v) is 6.83. The molecule has 0 radical (unpaired) electrons. The number of aromatic amines is 1.